The van der Waals surface area contributed by atoms with Gasteiger partial charge in [-0.25, -0.2) is 0 Å². The zero-order valence-corrected chi connectivity index (χ0v) is 5.35. The summed E-state index contributed by atoms with van der Waals surface area (Å²) in [6.45, 7) is -0.199. The maximum absolute atomic E-state index is 11.0. The third-order valence-electron chi connectivity index (χ3n) is 0.373. The van der Waals surface area contributed by atoms with Crippen molar-refractivity contribution >= 4 is 7.72 Å². The summed E-state index contributed by atoms with van der Waals surface area (Å²) in [5, 5.41) is 0. The molecule has 0 N–H and O–H groups in total. The predicted octanol–water partition coefficient (Wildman–Crippen LogP) is 3.45. The zero-order chi connectivity index (χ0) is 7.82. The molecular weight excluding hydrogens is 166 g/mol. The van der Waals surface area contributed by atoms with Gasteiger partial charge in [0.15, 0.2) is 0 Å². The van der Waals surface area contributed by atoms with Crippen LogP contribution in [0.5, 0.6) is 0 Å². The second-order valence-corrected chi connectivity index (χ2v) is 3.63. The molecule has 9 heavy (non-hydrogen) atoms. The van der Waals surface area contributed by atoms with Gasteiger partial charge in [0, 0.05) is 0 Å². The summed E-state index contributed by atoms with van der Waals surface area (Å²) in [7, 11) is -9.73. The molecule has 0 aliphatic heterocycles. The van der Waals surface area contributed by atoms with Gasteiger partial charge in [-0.2, -0.15) is 0 Å². The summed E-state index contributed by atoms with van der Waals surface area (Å²) in [6.07, 6.45) is 0. The molecule has 0 aromatic heterocycles. The van der Waals surface area contributed by atoms with Crippen molar-refractivity contribution in [1.29, 1.82) is 0 Å². The van der Waals surface area contributed by atoms with Crippen LogP contribution in [0.3, 0.4) is 0 Å². The van der Waals surface area contributed by atoms with Gasteiger partial charge in [-0.3, -0.25) is 0 Å². The molecule has 0 saturated heterocycles. The molecule has 0 unspecified atom stereocenters. The van der Waals surface area contributed by atoms with Gasteiger partial charge in [0.2, 0.25) is 0 Å². The third-order valence-corrected chi connectivity index (χ3v) is 1.12. The number of halogens is 5. The van der Waals surface area contributed by atoms with Gasteiger partial charge < -0.3 is 0 Å². The fraction of sp³-hybridized carbons (Fsp3) is 1.00. The van der Waals surface area contributed by atoms with Crippen molar-refractivity contribution in [2.75, 3.05) is 6.61 Å². The Hall–Kier alpha value is 0.0400. The Morgan fingerprint density at radius 2 is 1.44 bits per heavy atom. The monoisotopic (exact) mass is 171 g/mol. The first kappa shape index (κ1) is 9.04. The summed E-state index contributed by atoms with van der Waals surface area (Å²) in [5.41, 5.74) is 0. The van der Waals surface area contributed by atoms with Gasteiger partial charge in [0.05, 0.1) is 0 Å². The summed E-state index contributed by atoms with van der Waals surface area (Å²) in [6, 6.07) is 0. The summed E-state index contributed by atoms with van der Waals surface area (Å²) < 4.78 is 57.5. The van der Waals surface area contributed by atoms with Crippen LogP contribution in [0.25, 0.3) is 0 Å². The molecule has 0 bridgehead atoms. The Bertz CT molecular complexity index is 109. The standard InChI is InChI=1S/C2H5F5OP/c1-2-8-9(3,4,5,6)7/h2H2,1H3/q-1. The molecular formula is C2H5F5OP-. The average Bonchev–Trinajstić information content (AvgIpc) is 1.22. The summed E-state index contributed by atoms with van der Waals surface area (Å²) in [4.78, 5) is 0. The Morgan fingerprint density at radius 1 is 1.11 bits per heavy atom. The predicted molar refractivity (Wildman–Crippen MR) is 24.1 cm³/mol. The molecule has 0 atom stereocenters. The van der Waals surface area contributed by atoms with Crippen molar-refractivity contribution in [2.24, 2.45) is 0 Å². The van der Waals surface area contributed by atoms with E-state index >= 15 is 0 Å². The SMILES string of the molecule is CCO[P-](F)(F)(F)(F)F. The number of hydrogen-bond acceptors (Lipinski definition) is 1. The van der Waals surface area contributed by atoms with E-state index in [1.165, 1.54) is 0 Å². The second-order valence-electron chi connectivity index (χ2n) is 1.40. The first-order chi connectivity index (χ1) is 3.54. The van der Waals surface area contributed by atoms with Gasteiger partial charge in [0.1, 0.15) is 0 Å². The van der Waals surface area contributed by atoms with E-state index < -0.39 is 14.3 Å². The maximum atomic E-state index is 11.0. The molecule has 7 heteroatoms. The molecule has 0 aromatic rings. The van der Waals surface area contributed by atoms with Crippen LogP contribution in [-0.4, -0.2) is 6.61 Å². The Labute approximate surface area is 48.0 Å². The molecule has 0 radical (unpaired) electrons. The van der Waals surface area contributed by atoms with Crippen LogP contribution in [0.1, 0.15) is 6.92 Å². The van der Waals surface area contributed by atoms with E-state index in [0.29, 0.717) is 0 Å². The average molecular weight is 171 g/mol. The molecule has 1 nitrogen and oxygen atoms in total. The Balaban J connectivity index is 4.34. The minimum atomic E-state index is -9.73. The van der Waals surface area contributed by atoms with Gasteiger partial charge >= 0.3 is 46.8 Å². The fourth-order valence-corrected chi connectivity index (χ4v) is 0.732. The third kappa shape index (κ3) is 8.04. The van der Waals surface area contributed by atoms with Crippen molar-refractivity contribution in [3.05, 3.63) is 0 Å². The van der Waals surface area contributed by atoms with Crippen molar-refractivity contribution in [3.63, 3.8) is 0 Å². The quantitative estimate of drug-likeness (QED) is 0.456. The normalized spacial score (nSPS) is 20.7. The van der Waals surface area contributed by atoms with Crippen molar-refractivity contribution in [1.82, 2.24) is 0 Å². The van der Waals surface area contributed by atoms with Crippen LogP contribution in [0, 0.1) is 0 Å². The molecule has 0 rings (SSSR count). The molecule has 0 heterocycles. The topological polar surface area (TPSA) is 9.23 Å². The van der Waals surface area contributed by atoms with Gasteiger partial charge in [-0.05, 0) is 0 Å². The molecule has 0 aliphatic carbocycles. The van der Waals surface area contributed by atoms with Crippen LogP contribution in [-0.2, 0) is 4.52 Å². The number of rotatable bonds is 2. The molecule has 0 saturated carbocycles. The van der Waals surface area contributed by atoms with E-state index in [2.05, 4.69) is 4.52 Å². The van der Waals surface area contributed by atoms with Crippen molar-refractivity contribution in [2.45, 2.75) is 6.92 Å². The van der Waals surface area contributed by atoms with E-state index in [4.69, 9.17) is 0 Å². The van der Waals surface area contributed by atoms with Crippen LogP contribution in [0.4, 0.5) is 21.0 Å². The van der Waals surface area contributed by atoms with E-state index in [9.17, 15) is 21.0 Å². The van der Waals surface area contributed by atoms with Gasteiger partial charge in [-0.1, -0.05) is 0 Å². The van der Waals surface area contributed by atoms with E-state index in [-0.39, 0.29) is 0 Å². The van der Waals surface area contributed by atoms with Crippen LogP contribution >= 0.6 is 7.72 Å². The van der Waals surface area contributed by atoms with Crippen LogP contribution < -0.4 is 0 Å². The van der Waals surface area contributed by atoms with Crippen molar-refractivity contribution in [3.8, 4) is 0 Å². The van der Waals surface area contributed by atoms with E-state index in [1.54, 1.807) is 0 Å². The molecule has 0 amide bonds. The first-order valence-electron chi connectivity index (χ1n) is 2.02. The molecule has 0 spiro atoms. The molecule has 0 aliphatic rings. The Kier molecular flexibility index (Phi) is 1.38. The summed E-state index contributed by atoms with van der Waals surface area (Å²) >= 11 is 0. The Morgan fingerprint density at radius 3 is 1.44 bits per heavy atom. The van der Waals surface area contributed by atoms with Crippen LogP contribution in [0.15, 0.2) is 0 Å². The zero-order valence-electron chi connectivity index (χ0n) is 4.45. The molecule has 60 valence electrons. The van der Waals surface area contributed by atoms with Gasteiger partial charge in [0.25, 0.3) is 0 Å². The second kappa shape index (κ2) is 1.37. The molecule has 0 fully saturated rings. The molecule has 0 aromatic carbocycles. The summed E-state index contributed by atoms with van der Waals surface area (Å²) in [5.74, 6) is 0. The van der Waals surface area contributed by atoms with E-state index in [0.717, 1.165) is 6.92 Å². The van der Waals surface area contributed by atoms with Crippen molar-refractivity contribution < 1.29 is 25.5 Å². The first-order valence-corrected chi connectivity index (χ1v) is 4.08. The van der Waals surface area contributed by atoms with E-state index in [1.807, 2.05) is 0 Å². The fourth-order valence-electron chi connectivity index (χ4n) is 0.244. The minimum absolute atomic E-state index is 0.850. The van der Waals surface area contributed by atoms with Gasteiger partial charge in [-0.15, -0.1) is 0 Å². The number of hydrogen-bond donors (Lipinski definition) is 0. The van der Waals surface area contributed by atoms with Crippen LogP contribution in [0.2, 0.25) is 0 Å².